The van der Waals surface area contributed by atoms with Gasteiger partial charge in [-0.1, -0.05) is 76.6 Å². The van der Waals surface area contributed by atoms with E-state index < -0.39 is 11.4 Å². The Morgan fingerprint density at radius 2 is 1.47 bits per heavy atom. The smallest absolute Gasteiger partial charge is 0.409 e. The van der Waals surface area contributed by atoms with Crippen LogP contribution in [0.5, 0.6) is 0 Å². The van der Waals surface area contributed by atoms with E-state index >= 15 is 0 Å². The number of carbonyl (C=O) groups excluding carboxylic acids is 1. The summed E-state index contributed by atoms with van der Waals surface area (Å²) in [6.07, 6.45) is 0.892. The van der Waals surface area contributed by atoms with Gasteiger partial charge in [0.05, 0.1) is 5.41 Å². The summed E-state index contributed by atoms with van der Waals surface area (Å²) in [7, 11) is 0. The predicted octanol–water partition coefficient (Wildman–Crippen LogP) is 6.11. The van der Waals surface area contributed by atoms with E-state index in [9.17, 15) is 14.7 Å². The number of benzene rings is 3. The molecule has 1 heterocycles. The van der Waals surface area contributed by atoms with Gasteiger partial charge < -0.3 is 14.7 Å². The molecule has 1 aliphatic heterocycles. The van der Waals surface area contributed by atoms with Crippen molar-refractivity contribution < 1.29 is 19.4 Å². The molecule has 3 aromatic carbocycles. The third kappa shape index (κ3) is 4.23. The quantitative estimate of drug-likeness (QED) is 0.441. The monoisotopic (exact) mass is 519 g/mol. The molecule has 0 bridgehead atoms. The number of carboxylic acids is 1. The van der Waals surface area contributed by atoms with E-state index in [1.54, 1.807) is 4.90 Å². The zero-order chi connectivity index (χ0) is 23.7. The Morgan fingerprint density at radius 3 is 2.03 bits per heavy atom. The van der Waals surface area contributed by atoms with Gasteiger partial charge in [-0.05, 0) is 59.2 Å². The third-order valence-corrected chi connectivity index (χ3v) is 7.75. The number of carboxylic acid groups (broad SMARTS) is 1. The molecule has 1 saturated heterocycles. The number of amides is 1. The van der Waals surface area contributed by atoms with Gasteiger partial charge in [0.2, 0.25) is 0 Å². The van der Waals surface area contributed by atoms with Crippen LogP contribution in [0.1, 0.15) is 35.4 Å². The summed E-state index contributed by atoms with van der Waals surface area (Å²) in [4.78, 5) is 26.8. The average Bonchev–Trinajstić information content (AvgIpc) is 3.18. The Balaban J connectivity index is 1.23. The predicted molar refractivity (Wildman–Crippen MR) is 134 cm³/mol. The number of aliphatic carboxylic acids is 1. The highest BCUT2D eigenvalue weighted by Crippen LogP contribution is 2.44. The van der Waals surface area contributed by atoms with Crippen LogP contribution >= 0.6 is 15.9 Å². The molecule has 1 aliphatic carbocycles. The van der Waals surface area contributed by atoms with Crippen LogP contribution in [0.4, 0.5) is 4.79 Å². The van der Waals surface area contributed by atoms with Gasteiger partial charge in [0.15, 0.2) is 0 Å². The first-order valence-corrected chi connectivity index (χ1v) is 12.3. The molecule has 2 aliphatic rings. The standard InChI is InChI=1S/C28H26BrNO4/c29-20-11-9-19(10-12-20)17-28(26(31)32)13-15-30(16-14-28)27(33)34-18-25-23-7-3-1-5-21(23)22-6-2-4-8-24(22)25/h1-12,25H,13-18H2,(H,31,32). The number of halogens is 1. The fraction of sp³-hybridized carbons (Fsp3) is 0.286. The van der Waals surface area contributed by atoms with Gasteiger partial charge in [-0.25, -0.2) is 4.79 Å². The topological polar surface area (TPSA) is 66.8 Å². The van der Waals surface area contributed by atoms with E-state index in [-0.39, 0.29) is 18.6 Å². The molecule has 0 spiro atoms. The number of ether oxygens (including phenoxy) is 1. The molecule has 0 saturated carbocycles. The van der Waals surface area contributed by atoms with Crippen molar-refractivity contribution in [2.45, 2.75) is 25.2 Å². The first-order valence-electron chi connectivity index (χ1n) is 11.5. The van der Waals surface area contributed by atoms with Gasteiger partial charge >= 0.3 is 12.1 Å². The lowest BCUT2D eigenvalue weighted by molar-refractivity contribution is -0.151. The molecule has 0 atom stereocenters. The molecule has 1 amide bonds. The van der Waals surface area contributed by atoms with Crippen LogP contribution in [-0.2, 0) is 16.0 Å². The van der Waals surface area contributed by atoms with E-state index in [0.717, 1.165) is 10.0 Å². The highest BCUT2D eigenvalue weighted by atomic mass is 79.9. The summed E-state index contributed by atoms with van der Waals surface area (Å²) in [5, 5.41) is 10.0. The molecule has 5 nitrogen and oxygen atoms in total. The summed E-state index contributed by atoms with van der Waals surface area (Å²) >= 11 is 3.42. The third-order valence-electron chi connectivity index (χ3n) is 7.22. The van der Waals surface area contributed by atoms with E-state index in [2.05, 4.69) is 40.2 Å². The molecular formula is C28H26BrNO4. The number of hydrogen-bond acceptors (Lipinski definition) is 3. The maximum absolute atomic E-state index is 12.9. The Hall–Kier alpha value is -3.12. The van der Waals surface area contributed by atoms with Crippen molar-refractivity contribution in [3.8, 4) is 11.1 Å². The number of likely N-dealkylation sites (tertiary alicyclic amines) is 1. The Bertz CT molecular complexity index is 1170. The zero-order valence-corrected chi connectivity index (χ0v) is 20.3. The minimum Gasteiger partial charge on any atom is -0.481 e. The number of fused-ring (bicyclic) bond motifs is 3. The lowest BCUT2D eigenvalue weighted by Crippen LogP contribution is -2.47. The Labute approximate surface area is 207 Å². The number of carbonyl (C=O) groups is 2. The molecule has 1 fully saturated rings. The van der Waals surface area contributed by atoms with Gasteiger partial charge in [0.1, 0.15) is 6.61 Å². The van der Waals surface area contributed by atoms with Crippen molar-refractivity contribution in [1.82, 2.24) is 4.90 Å². The summed E-state index contributed by atoms with van der Waals surface area (Å²) in [6, 6.07) is 24.3. The number of nitrogens with zero attached hydrogens (tertiary/aromatic N) is 1. The van der Waals surface area contributed by atoms with Crippen molar-refractivity contribution >= 4 is 28.0 Å². The molecule has 34 heavy (non-hydrogen) atoms. The van der Waals surface area contributed by atoms with Crippen LogP contribution in [0.2, 0.25) is 0 Å². The van der Waals surface area contributed by atoms with E-state index in [0.29, 0.717) is 32.4 Å². The number of hydrogen-bond donors (Lipinski definition) is 1. The van der Waals surface area contributed by atoms with E-state index in [4.69, 9.17) is 4.74 Å². The van der Waals surface area contributed by atoms with Crippen LogP contribution in [0.3, 0.4) is 0 Å². The van der Waals surface area contributed by atoms with Crippen molar-refractivity contribution in [2.75, 3.05) is 19.7 Å². The molecule has 0 unspecified atom stereocenters. The lowest BCUT2D eigenvalue weighted by atomic mass is 9.74. The SMILES string of the molecule is O=C(OCC1c2ccccc2-c2ccccc21)N1CCC(Cc2ccc(Br)cc2)(C(=O)O)CC1. The molecule has 0 radical (unpaired) electrons. The van der Waals surface area contributed by atoms with Crippen molar-refractivity contribution in [2.24, 2.45) is 5.41 Å². The fourth-order valence-electron chi connectivity index (χ4n) is 5.26. The van der Waals surface area contributed by atoms with Crippen molar-refractivity contribution in [3.05, 3.63) is 94.0 Å². The van der Waals surface area contributed by atoms with E-state index in [1.807, 2.05) is 48.5 Å². The summed E-state index contributed by atoms with van der Waals surface area (Å²) in [6.45, 7) is 1.02. The first-order chi connectivity index (χ1) is 16.5. The molecular weight excluding hydrogens is 494 g/mol. The molecule has 1 N–H and O–H groups in total. The van der Waals surface area contributed by atoms with Crippen LogP contribution in [0.15, 0.2) is 77.3 Å². The van der Waals surface area contributed by atoms with Gasteiger partial charge in [-0.15, -0.1) is 0 Å². The maximum Gasteiger partial charge on any atom is 0.409 e. The van der Waals surface area contributed by atoms with Gasteiger partial charge in [-0.2, -0.15) is 0 Å². The van der Waals surface area contributed by atoms with Gasteiger partial charge in [0, 0.05) is 23.5 Å². The van der Waals surface area contributed by atoms with Gasteiger partial charge in [-0.3, -0.25) is 4.79 Å². The Kier molecular flexibility index (Phi) is 6.17. The van der Waals surface area contributed by atoms with Crippen molar-refractivity contribution in [3.63, 3.8) is 0 Å². The highest BCUT2D eigenvalue weighted by molar-refractivity contribution is 9.10. The fourth-order valence-corrected chi connectivity index (χ4v) is 5.53. The minimum absolute atomic E-state index is 0.0108. The van der Waals surface area contributed by atoms with Crippen molar-refractivity contribution in [1.29, 1.82) is 0 Å². The zero-order valence-electron chi connectivity index (χ0n) is 18.7. The van der Waals surface area contributed by atoms with Crippen LogP contribution in [0.25, 0.3) is 11.1 Å². The first kappa shape index (κ1) is 22.7. The highest BCUT2D eigenvalue weighted by Gasteiger charge is 2.43. The number of rotatable bonds is 5. The molecule has 174 valence electrons. The number of piperidine rings is 1. The van der Waals surface area contributed by atoms with Crippen LogP contribution in [0, 0.1) is 5.41 Å². The van der Waals surface area contributed by atoms with Crippen LogP contribution < -0.4 is 0 Å². The summed E-state index contributed by atoms with van der Waals surface area (Å²) < 4.78 is 6.74. The second kappa shape index (κ2) is 9.26. The lowest BCUT2D eigenvalue weighted by Gasteiger charge is -2.38. The summed E-state index contributed by atoms with van der Waals surface area (Å²) in [5.74, 6) is -0.792. The van der Waals surface area contributed by atoms with Gasteiger partial charge in [0.25, 0.3) is 0 Å². The molecule has 6 heteroatoms. The van der Waals surface area contributed by atoms with Crippen LogP contribution in [-0.4, -0.2) is 41.8 Å². The normalized spacial score (nSPS) is 16.6. The second-order valence-corrected chi connectivity index (χ2v) is 10.1. The Morgan fingerprint density at radius 1 is 0.912 bits per heavy atom. The maximum atomic E-state index is 12.9. The molecule has 0 aromatic heterocycles. The summed E-state index contributed by atoms with van der Waals surface area (Å²) in [5.41, 5.74) is 4.85. The average molecular weight is 520 g/mol. The second-order valence-electron chi connectivity index (χ2n) is 9.18. The minimum atomic E-state index is -0.867. The largest absolute Gasteiger partial charge is 0.481 e. The molecule has 5 rings (SSSR count). The van der Waals surface area contributed by atoms with E-state index in [1.165, 1.54) is 22.3 Å². The molecule has 3 aromatic rings.